The molecule has 0 radical (unpaired) electrons. The number of pyridine rings is 1. The van der Waals surface area contributed by atoms with Gasteiger partial charge in [-0.05, 0) is 31.6 Å². The summed E-state index contributed by atoms with van der Waals surface area (Å²) in [7, 11) is 4.15. The van der Waals surface area contributed by atoms with Gasteiger partial charge in [-0.15, -0.1) is 11.3 Å². The first-order valence-electron chi connectivity index (χ1n) is 7.81. The minimum absolute atomic E-state index is 0.115. The normalized spacial score (nSPS) is 14.7. The molecule has 0 saturated heterocycles. The third-order valence-electron chi connectivity index (χ3n) is 4.00. The van der Waals surface area contributed by atoms with Gasteiger partial charge in [0.25, 0.3) is 5.91 Å². The molecule has 0 N–H and O–H groups in total. The largest absolute Gasteiger partial charge is 0.353 e. The number of rotatable bonds is 4. The van der Waals surface area contributed by atoms with Gasteiger partial charge < -0.3 is 14.7 Å². The first-order chi connectivity index (χ1) is 11.1. The SMILES string of the molecule is CN(C)CCN1CCN(C(=O)c2cccs2)Cc2cccnc21. The lowest BCUT2D eigenvalue weighted by atomic mass is 10.2. The van der Waals surface area contributed by atoms with E-state index in [4.69, 9.17) is 0 Å². The molecule has 0 atom stereocenters. The van der Waals surface area contributed by atoms with Gasteiger partial charge in [0, 0.05) is 44.5 Å². The highest BCUT2D eigenvalue weighted by molar-refractivity contribution is 7.12. The summed E-state index contributed by atoms with van der Waals surface area (Å²) in [6.45, 7) is 4.04. The van der Waals surface area contributed by atoms with Gasteiger partial charge in [-0.25, -0.2) is 4.98 Å². The molecule has 3 heterocycles. The highest BCUT2D eigenvalue weighted by Crippen LogP contribution is 2.24. The Morgan fingerprint density at radius 3 is 2.91 bits per heavy atom. The number of carbonyl (C=O) groups is 1. The molecule has 1 aliphatic heterocycles. The van der Waals surface area contributed by atoms with Gasteiger partial charge in [0.15, 0.2) is 0 Å². The van der Waals surface area contributed by atoms with E-state index in [1.165, 1.54) is 11.3 Å². The number of thiophene rings is 1. The standard InChI is InChI=1S/C17H22N4OS/c1-19(2)8-9-20-10-11-21(17(22)15-6-4-12-23-15)13-14-5-3-7-18-16(14)20/h3-7,12H,8-11,13H2,1-2H3. The Balaban J connectivity index is 1.81. The van der Waals surface area contributed by atoms with E-state index in [2.05, 4.69) is 34.9 Å². The number of anilines is 1. The summed E-state index contributed by atoms with van der Waals surface area (Å²) in [6, 6.07) is 7.84. The second kappa shape index (κ2) is 7.10. The molecule has 3 rings (SSSR count). The van der Waals surface area contributed by atoms with Gasteiger partial charge in [0.1, 0.15) is 5.82 Å². The van der Waals surface area contributed by atoms with Crippen molar-refractivity contribution >= 4 is 23.1 Å². The maximum absolute atomic E-state index is 12.7. The van der Waals surface area contributed by atoms with Crippen molar-refractivity contribution in [1.29, 1.82) is 0 Å². The number of fused-ring (bicyclic) bond motifs is 1. The number of likely N-dealkylation sites (N-methyl/N-ethyl adjacent to an activating group) is 1. The third-order valence-corrected chi connectivity index (χ3v) is 4.86. The van der Waals surface area contributed by atoms with Crippen molar-refractivity contribution in [2.75, 3.05) is 45.2 Å². The Labute approximate surface area is 141 Å². The van der Waals surface area contributed by atoms with Crippen molar-refractivity contribution in [2.45, 2.75) is 6.54 Å². The van der Waals surface area contributed by atoms with E-state index in [-0.39, 0.29) is 5.91 Å². The smallest absolute Gasteiger partial charge is 0.264 e. The molecule has 0 aromatic carbocycles. The zero-order valence-electron chi connectivity index (χ0n) is 13.6. The van der Waals surface area contributed by atoms with Crippen LogP contribution < -0.4 is 4.90 Å². The molecule has 2 aromatic heterocycles. The maximum atomic E-state index is 12.7. The molecule has 0 bridgehead atoms. The second-order valence-electron chi connectivity index (χ2n) is 5.98. The molecule has 2 aromatic rings. The number of hydrogen-bond acceptors (Lipinski definition) is 5. The van der Waals surface area contributed by atoms with Gasteiger partial charge in [0.05, 0.1) is 4.88 Å². The summed E-state index contributed by atoms with van der Waals surface area (Å²) in [5.74, 6) is 1.13. The maximum Gasteiger partial charge on any atom is 0.264 e. The summed E-state index contributed by atoms with van der Waals surface area (Å²) in [5, 5.41) is 1.95. The van der Waals surface area contributed by atoms with Crippen LogP contribution in [-0.4, -0.2) is 61.0 Å². The van der Waals surface area contributed by atoms with Crippen LogP contribution in [0.2, 0.25) is 0 Å². The van der Waals surface area contributed by atoms with E-state index >= 15 is 0 Å². The Morgan fingerprint density at radius 2 is 2.17 bits per heavy atom. The molecule has 0 unspecified atom stereocenters. The molecule has 0 fully saturated rings. The Hall–Kier alpha value is -1.92. The molecule has 122 valence electrons. The van der Waals surface area contributed by atoms with Gasteiger partial charge in [-0.2, -0.15) is 0 Å². The van der Waals surface area contributed by atoms with Crippen LogP contribution in [0.25, 0.3) is 0 Å². The predicted octanol–water partition coefficient (Wildman–Crippen LogP) is 2.17. The van der Waals surface area contributed by atoms with Gasteiger partial charge >= 0.3 is 0 Å². The topological polar surface area (TPSA) is 39.7 Å². The summed E-state index contributed by atoms with van der Waals surface area (Å²) in [6.07, 6.45) is 1.83. The number of nitrogens with zero attached hydrogens (tertiary/aromatic N) is 4. The van der Waals surface area contributed by atoms with E-state index in [1.54, 1.807) is 0 Å². The Bertz CT molecular complexity index is 656. The van der Waals surface area contributed by atoms with Crippen LogP contribution in [0.15, 0.2) is 35.8 Å². The highest BCUT2D eigenvalue weighted by Gasteiger charge is 2.24. The van der Waals surface area contributed by atoms with Crippen LogP contribution in [0.4, 0.5) is 5.82 Å². The fraction of sp³-hybridized carbons (Fsp3) is 0.412. The molecule has 5 nitrogen and oxygen atoms in total. The van der Waals surface area contributed by atoms with Crippen molar-refractivity contribution in [2.24, 2.45) is 0 Å². The van der Waals surface area contributed by atoms with Crippen LogP contribution in [0.3, 0.4) is 0 Å². The van der Waals surface area contributed by atoms with Crippen molar-refractivity contribution in [3.05, 3.63) is 46.3 Å². The second-order valence-corrected chi connectivity index (χ2v) is 6.93. The summed E-state index contributed by atoms with van der Waals surface area (Å²) < 4.78 is 0. The lowest BCUT2D eigenvalue weighted by molar-refractivity contribution is 0.0756. The summed E-state index contributed by atoms with van der Waals surface area (Å²) in [4.78, 5) is 24.4. The van der Waals surface area contributed by atoms with Crippen LogP contribution in [0.1, 0.15) is 15.2 Å². The summed E-state index contributed by atoms with van der Waals surface area (Å²) >= 11 is 1.50. The van der Waals surface area contributed by atoms with E-state index in [9.17, 15) is 4.79 Å². The van der Waals surface area contributed by atoms with Crippen LogP contribution in [-0.2, 0) is 6.54 Å². The number of carbonyl (C=O) groups excluding carboxylic acids is 1. The monoisotopic (exact) mass is 330 g/mol. The minimum atomic E-state index is 0.115. The van der Waals surface area contributed by atoms with Crippen molar-refractivity contribution in [1.82, 2.24) is 14.8 Å². The molecule has 0 aliphatic carbocycles. The quantitative estimate of drug-likeness (QED) is 0.861. The first kappa shape index (κ1) is 16.0. The molecule has 0 spiro atoms. The molecule has 6 heteroatoms. The Morgan fingerprint density at radius 1 is 1.30 bits per heavy atom. The third kappa shape index (κ3) is 3.71. The van der Waals surface area contributed by atoms with E-state index in [0.717, 1.165) is 42.4 Å². The van der Waals surface area contributed by atoms with Crippen LogP contribution in [0, 0.1) is 0 Å². The minimum Gasteiger partial charge on any atom is -0.353 e. The molecule has 1 amide bonds. The van der Waals surface area contributed by atoms with Crippen LogP contribution >= 0.6 is 11.3 Å². The zero-order valence-corrected chi connectivity index (χ0v) is 14.4. The van der Waals surface area contributed by atoms with Crippen LogP contribution in [0.5, 0.6) is 0 Å². The predicted molar refractivity (Wildman–Crippen MR) is 94.1 cm³/mol. The van der Waals surface area contributed by atoms with Crippen molar-refractivity contribution in [3.8, 4) is 0 Å². The number of aromatic nitrogens is 1. The van der Waals surface area contributed by atoms with Gasteiger partial charge in [-0.1, -0.05) is 12.1 Å². The van der Waals surface area contributed by atoms with Gasteiger partial charge in [0.2, 0.25) is 0 Å². The lowest BCUT2D eigenvalue weighted by Crippen LogP contribution is -2.37. The molecule has 1 aliphatic rings. The van der Waals surface area contributed by atoms with E-state index in [0.29, 0.717) is 6.54 Å². The molecular formula is C17H22N4OS. The van der Waals surface area contributed by atoms with Crippen molar-refractivity contribution in [3.63, 3.8) is 0 Å². The fourth-order valence-corrected chi connectivity index (χ4v) is 3.43. The zero-order chi connectivity index (χ0) is 16.2. The fourth-order valence-electron chi connectivity index (χ4n) is 2.74. The number of hydrogen-bond donors (Lipinski definition) is 0. The first-order valence-corrected chi connectivity index (χ1v) is 8.69. The average molecular weight is 330 g/mol. The van der Waals surface area contributed by atoms with E-state index < -0.39 is 0 Å². The molecule has 0 saturated carbocycles. The lowest BCUT2D eigenvalue weighted by Gasteiger charge is -2.25. The Kier molecular flexibility index (Phi) is 4.93. The van der Waals surface area contributed by atoms with Crippen molar-refractivity contribution < 1.29 is 4.79 Å². The highest BCUT2D eigenvalue weighted by atomic mass is 32.1. The molecular weight excluding hydrogens is 308 g/mol. The number of amides is 1. The average Bonchev–Trinajstić information content (AvgIpc) is 3.01. The van der Waals surface area contributed by atoms with E-state index in [1.807, 2.05) is 34.7 Å². The molecule has 23 heavy (non-hydrogen) atoms. The summed E-state index contributed by atoms with van der Waals surface area (Å²) in [5.41, 5.74) is 1.12. The van der Waals surface area contributed by atoms with Gasteiger partial charge in [-0.3, -0.25) is 4.79 Å².